The normalized spacial score (nSPS) is 10.8. The average molecular weight is 384 g/mol. The van der Waals surface area contributed by atoms with Crippen LogP contribution in [-0.4, -0.2) is 26.2 Å². The minimum absolute atomic E-state index is 0.0270. The van der Waals surface area contributed by atoms with Crippen LogP contribution in [0.15, 0.2) is 48.8 Å². The second-order valence-corrected chi connectivity index (χ2v) is 6.71. The van der Waals surface area contributed by atoms with Gasteiger partial charge < -0.3 is 9.30 Å². The molecule has 28 heavy (non-hydrogen) atoms. The first-order valence-electron chi connectivity index (χ1n) is 8.95. The molecule has 2 heterocycles. The van der Waals surface area contributed by atoms with Crippen LogP contribution in [0.25, 0.3) is 16.6 Å². The number of rotatable bonds is 3. The summed E-state index contributed by atoms with van der Waals surface area (Å²) in [6, 6.07) is 9.82. The molecule has 0 unspecified atom stereocenters. The van der Waals surface area contributed by atoms with Crippen molar-refractivity contribution in [1.82, 2.24) is 9.55 Å². The zero-order valence-electron chi connectivity index (χ0n) is 16.6. The first kappa shape index (κ1) is 20.9. The van der Waals surface area contributed by atoms with E-state index in [1.54, 1.807) is 45.2 Å². The number of hydrogen-bond acceptors (Lipinski definition) is 5. The van der Waals surface area contributed by atoms with E-state index < -0.39 is 16.6 Å². The summed E-state index contributed by atoms with van der Waals surface area (Å²) < 4.78 is 7.09. The van der Waals surface area contributed by atoms with E-state index in [1.807, 2.05) is 30.7 Å². The summed E-state index contributed by atoms with van der Waals surface area (Å²) in [6.45, 7) is 9.34. The molecule has 0 spiro atoms. The predicted octanol–water partition coefficient (Wildman–Crippen LogP) is 5.31. The van der Waals surface area contributed by atoms with Crippen molar-refractivity contribution < 1.29 is 14.5 Å². The lowest BCUT2D eigenvalue weighted by Crippen LogP contribution is -2.27. The van der Waals surface area contributed by atoms with E-state index in [1.165, 1.54) is 12.1 Å². The van der Waals surface area contributed by atoms with Gasteiger partial charge in [0.2, 0.25) is 0 Å². The highest BCUT2D eigenvalue weighted by atomic mass is 16.6. The number of nitro groups is 1. The van der Waals surface area contributed by atoms with E-state index in [2.05, 4.69) is 10.3 Å². The summed E-state index contributed by atoms with van der Waals surface area (Å²) >= 11 is 0. The number of aromatic nitrogens is 2. The molecule has 1 amide bonds. The van der Waals surface area contributed by atoms with Gasteiger partial charge in [0.15, 0.2) is 0 Å². The minimum Gasteiger partial charge on any atom is -0.444 e. The van der Waals surface area contributed by atoms with Gasteiger partial charge in [-0.2, -0.15) is 0 Å². The highest BCUT2D eigenvalue weighted by Gasteiger charge is 2.17. The third-order valence-electron chi connectivity index (χ3n) is 3.54. The quantitative estimate of drug-likeness (QED) is 0.487. The van der Waals surface area contributed by atoms with E-state index >= 15 is 0 Å². The zero-order chi connectivity index (χ0) is 20.9. The van der Waals surface area contributed by atoms with Crippen molar-refractivity contribution >= 4 is 28.5 Å². The number of carbonyl (C=O) groups excluding carboxylic acids is 1. The highest BCUT2D eigenvalue weighted by Crippen LogP contribution is 2.24. The Morgan fingerprint density at radius 3 is 2.39 bits per heavy atom. The van der Waals surface area contributed by atoms with Crippen LogP contribution in [0, 0.1) is 10.1 Å². The number of nitrogens with one attached hydrogen (secondary N) is 1. The van der Waals surface area contributed by atoms with Crippen molar-refractivity contribution in [3.05, 3.63) is 58.9 Å². The van der Waals surface area contributed by atoms with Crippen LogP contribution in [-0.2, 0) is 4.74 Å². The van der Waals surface area contributed by atoms with Gasteiger partial charge in [-0.3, -0.25) is 15.4 Å². The Morgan fingerprint density at radius 2 is 1.82 bits per heavy atom. The third-order valence-corrected chi connectivity index (χ3v) is 3.54. The van der Waals surface area contributed by atoms with Gasteiger partial charge in [0.25, 0.3) is 5.69 Å². The number of amides is 1. The SMILES string of the molecule is CC.CC(C)(C)OC(=O)Nc1cc2c(ccn2-c2ccc([N+](=O)[O-])cc2)cn1. The van der Waals surface area contributed by atoms with Crippen molar-refractivity contribution in [2.75, 3.05) is 5.32 Å². The van der Waals surface area contributed by atoms with Crippen LogP contribution in [0.5, 0.6) is 0 Å². The standard InChI is InChI=1S/C18H18N4O4.C2H6/c1-18(2,3)26-17(23)20-16-10-15-12(11-19-16)8-9-21(15)13-4-6-14(7-5-13)22(24)25;1-2/h4-11H,1-3H3,(H,19,20,23);1-2H3. The van der Waals surface area contributed by atoms with Crippen molar-refractivity contribution in [3.63, 3.8) is 0 Å². The molecule has 0 fully saturated rings. The Kier molecular flexibility index (Phi) is 6.35. The molecule has 3 rings (SSSR count). The van der Waals surface area contributed by atoms with E-state index in [0.29, 0.717) is 5.82 Å². The molecule has 1 aromatic carbocycles. The largest absolute Gasteiger partial charge is 0.444 e. The van der Waals surface area contributed by atoms with E-state index in [9.17, 15) is 14.9 Å². The lowest BCUT2D eigenvalue weighted by Gasteiger charge is -2.19. The van der Waals surface area contributed by atoms with Crippen molar-refractivity contribution in [3.8, 4) is 5.69 Å². The van der Waals surface area contributed by atoms with Crippen molar-refractivity contribution in [2.45, 2.75) is 40.2 Å². The Bertz CT molecular complexity index is 972. The summed E-state index contributed by atoms with van der Waals surface area (Å²) in [5.41, 5.74) is 0.992. The first-order valence-corrected chi connectivity index (χ1v) is 8.95. The summed E-state index contributed by atoms with van der Waals surface area (Å²) in [5.74, 6) is 0.355. The molecule has 2 aromatic heterocycles. The number of pyridine rings is 1. The summed E-state index contributed by atoms with van der Waals surface area (Å²) in [4.78, 5) is 26.5. The molecular formula is C20H24N4O4. The van der Waals surface area contributed by atoms with Crippen LogP contribution in [0.1, 0.15) is 34.6 Å². The number of nitro benzene ring substituents is 1. The first-order chi connectivity index (χ1) is 13.2. The Hall–Kier alpha value is -3.42. The number of nitrogens with zero attached hydrogens (tertiary/aromatic N) is 3. The lowest BCUT2D eigenvalue weighted by molar-refractivity contribution is -0.384. The fourth-order valence-corrected chi connectivity index (χ4v) is 2.46. The predicted molar refractivity (Wildman–Crippen MR) is 109 cm³/mol. The molecule has 8 nitrogen and oxygen atoms in total. The Balaban J connectivity index is 0.00000136. The van der Waals surface area contributed by atoms with Crippen LogP contribution in [0.2, 0.25) is 0 Å². The molecule has 0 bridgehead atoms. The number of carbonyl (C=O) groups is 1. The Labute approximate surface area is 163 Å². The number of benzene rings is 1. The molecule has 0 atom stereocenters. The molecule has 3 aromatic rings. The van der Waals surface area contributed by atoms with Crippen molar-refractivity contribution in [2.24, 2.45) is 0 Å². The number of fused-ring (bicyclic) bond motifs is 1. The van der Waals surface area contributed by atoms with Gasteiger partial charge in [-0.05, 0) is 39.0 Å². The van der Waals surface area contributed by atoms with E-state index in [-0.39, 0.29) is 5.69 Å². The van der Waals surface area contributed by atoms with Crippen LogP contribution in [0.4, 0.5) is 16.3 Å². The van der Waals surface area contributed by atoms with Crippen molar-refractivity contribution in [1.29, 1.82) is 0 Å². The zero-order valence-corrected chi connectivity index (χ0v) is 16.6. The average Bonchev–Trinajstić information content (AvgIpc) is 3.05. The van der Waals surface area contributed by atoms with Crippen LogP contribution >= 0.6 is 0 Å². The summed E-state index contributed by atoms with van der Waals surface area (Å²) in [6.07, 6.45) is 2.90. The Morgan fingerprint density at radius 1 is 1.18 bits per heavy atom. The molecule has 0 aliphatic carbocycles. The molecule has 1 N–H and O–H groups in total. The number of non-ortho nitro benzene ring substituents is 1. The molecule has 0 aliphatic rings. The molecule has 8 heteroatoms. The molecule has 0 saturated heterocycles. The second-order valence-electron chi connectivity index (χ2n) is 6.71. The van der Waals surface area contributed by atoms with E-state index in [0.717, 1.165) is 16.6 Å². The maximum atomic E-state index is 11.9. The van der Waals surface area contributed by atoms with Crippen LogP contribution in [0.3, 0.4) is 0 Å². The molecule has 0 saturated carbocycles. The maximum Gasteiger partial charge on any atom is 0.413 e. The topological polar surface area (TPSA) is 99.3 Å². The van der Waals surface area contributed by atoms with Gasteiger partial charge in [0.1, 0.15) is 11.4 Å². The smallest absolute Gasteiger partial charge is 0.413 e. The summed E-state index contributed by atoms with van der Waals surface area (Å²) in [7, 11) is 0. The number of ether oxygens (including phenoxy) is 1. The van der Waals surface area contributed by atoms with Gasteiger partial charge in [-0.15, -0.1) is 0 Å². The molecule has 0 aliphatic heterocycles. The second kappa shape index (κ2) is 8.51. The maximum absolute atomic E-state index is 11.9. The van der Waals surface area contributed by atoms with Gasteiger partial charge >= 0.3 is 6.09 Å². The molecular weight excluding hydrogens is 360 g/mol. The number of hydrogen-bond donors (Lipinski definition) is 1. The third kappa shape index (κ3) is 5.06. The molecule has 0 radical (unpaired) electrons. The van der Waals surface area contributed by atoms with Gasteiger partial charge in [-0.25, -0.2) is 9.78 Å². The number of anilines is 1. The van der Waals surface area contributed by atoms with Gasteiger partial charge in [0.05, 0.1) is 10.4 Å². The highest BCUT2D eigenvalue weighted by molar-refractivity contribution is 5.89. The van der Waals surface area contributed by atoms with Crippen LogP contribution < -0.4 is 5.32 Å². The lowest BCUT2D eigenvalue weighted by atomic mass is 10.2. The monoisotopic (exact) mass is 384 g/mol. The minimum atomic E-state index is -0.604. The van der Waals surface area contributed by atoms with Gasteiger partial charge in [0, 0.05) is 41.7 Å². The fraction of sp³-hybridized carbons (Fsp3) is 0.300. The van der Waals surface area contributed by atoms with E-state index in [4.69, 9.17) is 4.74 Å². The summed E-state index contributed by atoms with van der Waals surface area (Å²) in [5, 5.41) is 14.3. The fourth-order valence-electron chi connectivity index (χ4n) is 2.46. The van der Waals surface area contributed by atoms with Gasteiger partial charge in [-0.1, -0.05) is 13.8 Å². The molecule has 148 valence electrons.